The number of hydrogen-bond acceptors (Lipinski definition) is 3. The first kappa shape index (κ1) is 14.4. The minimum absolute atomic E-state index is 0.00221. The van der Waals surface area contributed by atoms with Crippen molar-refractivity contribution in [1.29, 1.82) is 0 Å². The van der Waals surface area contributed by atoms with Crippen molar-refractivity contribution < 1.29 is 9.53 Å². The summed E-state index contributed by atoms with van der Waals surface area (Å²) in [6, 6.07) is 7.88. The van der Waals surface area contributed by atoms with Crippen LogP contribution < -0.4 is 10.1 Å². The number of nitrogens with zero attached hydrogens (tertiary/aromatic N) is 1. The molecule has 2 fully saturated rings. The standard InChI is InChI=1S/C17H24N2O2/c1-12-17(20)19(11-3-4-13-5-6-13)16(18-12)14-7-9-15(21-2)10-8-14/h7-10,12-13,16,18H,3-6,11H2,1-2H3. The lowest BCUT2D eigenvalue weighted by Gasteiger charge is -2.24. The highest BCUT2D eigenvalue weighted by Gasteiger charge is 2.36. The molecule has 1 saturated carbocycles. The number of methoxy groups -OCH3 is 1. The van der Waals surface area contributed by atoms with Gasteiger partial charge in [0.2, 0.25) is 5.91 Å². The topological polar surface area (TPSA) is 41.6 Å². The van der Waals surface area contributed by atoms with Gasteiger partial charge in [-0.1, -0.05) is 25.0 Å². The molecule has 0 bridgehead atoms. The summed E-state index contributed by atoms with van der Waals surface area (Å²) in [6.45, 7) is 2.79. The van der Waals surface area contributed by atoms with Crippen LogP contribution in [-0.4, -0.2) is 30.5 Å². The Kier molecular flexibility index (Phi) is 4.15. The molecule has 2 aliphatic rings. The van der Waals surface area contributed by atoms with E-state index in [2.05, 4.69) is 5.32 Å². The molecular weight excluding hydrogens is 264 g/mol. The minimum atomic E-state index is -0.0990. The zero-order chi connectivity index (χ0) is 14.8. The number of rotatable bonds is 6. The van der Waals surface area contributed by atoms with Crippen LogP contribution >= 0.6 is 0 Å². The van der Waals surface area contributed by atoms with Crippen LogP contribution in [-0.2, 0) is 4.79 Å². The van der Waals surface area contributed by atoms with Crippen LogP contribution in [0.5, 0.6) is 5.75 Å². The SMILES string of the molecule is COc1ccc(C2NC(C)C(=O)N2CCCC2CC2)cc1. The molecule has 1 amide bonds. The highest BCUT2D eigenvalue weighted by Crippen LogP contribution is 2.34. The molecule has 1 heterocycles. The molecule has 0 spiro atoms. The first-order valence-electron chi connectivity index (χ1n) is 7.89. The maximum atomic E-state index is 12.3. The summed E-state index contributed by atoms with van der Waals surface area (Å²) in [5, 5.41) is 3.40. The number of ether oxygens (including phenoxy) is 1. The van der Waals surface area contributed by atoms with Gasteiger partial charge in [0.15, 0.2) is 0 Å². The van der Waals surface area contributed by atoms with Crippen molar-refractivity contribution in [3.05, 3.63) is 29.8 Å². The molecule has 4 nitrogen and oxygen atoms in total. The van der Waals surface area contributed by atoms with E-state index < -0.39 is 0 Å². The van der Waals surface area contributed by atoms with E-state index in [1.165, 1.54) is 19.3 Å². The second kappa shape index (κ2) is 6.06. The molecule has 4 heteroatoms. The van der Waals surface area contributed by atoms with Gasteiger partial charge in [-0.05, 0) is 43.4 Å². The third-order valence-electron chi connectivity index (χ3n) is 4.51. The zero-order valence-corrected chi connectivity index (χ0v) is 12.8. The maximum absolute atomic E-state index is 12.3. The minimum Gasteiger partial charge on any atom is -0.497 e. The third-order valence-corrected chi connectivity index (χ3v) is 4.51. The maximum Gasteiger partial charge on any atom is 0.241 e. The van der Waals surface area contributed by atoms with Crippen LogP contribution in [0.15, 0.2) is 24.3 Å². The lowest BCUT2D eigenvalue weighted by molar-refractivity contribution is -0.129. The fraction of sp³-hybridized carbons (Fsp3) is 0.588. The monoisotopic (exact) mass is 288 g/mol. The highest BCUT2D eigenvalue weighted by molar-refractivity contribution is 5.84. The molecule has 1 saturated heterocycles. The predicted molar refractivity (Wildman–Crippen MR) is 82.0 cm³/mol. The van der Waals surface area contributed by atoms with Gasteiger partial charge in [-0.3, -0.25) is 10.1 Å². The van der Waals surface area contributed by atoms with Crippen LogP contribution in [0.4, 0.5) is 0 Å². The van der Waals surface area contributed by atoms with Crippen LogP contribution in [0.2, 0.25) is 0 Å². The smallest absolute Gasteiger partial charge is 0.241 e. The van der Waals surface area contributed by atoms with E-state index in [-0.39, 0.29) is 18.1 Å². The molecule has 114 valence electrons. The Morgan fingerprint density at radius 3 is 2.62 bits per heavy atom. The Morgan fingerprint density at radius 2 is 2.00 bits per heavy atom. The molecular formula is C17H24N2O2. The summed E-state index contributed by atoms with van der Waals surface area (Å²) in [5.41, 5.74) is 1.12. The molecule has 0 aromatic heterocycles. The fourth-order valence-electron chi connectivity index (χ4n) is 3.03. The number of carbonyl (C=O) groups excluding carboxylic acids is 1. The Hall–Kier alpha value is -1.55. The first-order valence-corrected chi connectivity index (χ1v) is 7.89. The van der Waals surface area contributed by atoms with Crippen molar-refractivity contribution in [3.8, 4) is 5.75 Å². The second-order valence-electron chi connectivity index (χ2n) is 6.18. The Labute approximate surface area is 126 Å². The van der Waals surface area contributed by atoms with Crippen molar-refractivity contribution in [2.75, 3.05) is 13.7 Å². The van der Waals surface area contributed by atoms with E-state index in [0.29, 0.717) is 0 Å². The normalized spacial score (nSPS) is 25.4. The average molecular weight is 288 g/mol. The fourth-order valence-corrected chi connectivity index (χ4v) is 3.03. The van der Waals surface area contributed by atoms with E-state index in [0.717, 1.165) is 30.2 Å². The van der Waals surface area contributed by atoms with E-state index in [1.54, 1.807) is 7.11 Å². The number of hydrogen-bond donors (Lipinski definition) is 1. The van der Waals surface area contributed by atoms with Crippen molar-refractivity contribution in [3.63, 3.8) is 0 Å². The van der Waals surface area contributed by atoms with Crippen LogP contribution in [0.3, 0.4) is 0 Å². The number of carbonyl (C=O) groups is 1. The number of benzene rings is 1. The number of nitrogens with one attached hydrogen (secondary N) is 1. The van der Waals surface area contributed by atoms with E-state index in [9.17, 15) is 4.79 Å². The van der Waals surface area contributed by atoms with Gasteiger partial charge in [0.25, 0.3) is 0 Å². The van der Waals surface area contributed by atoms with Crippen molar-refractivity contribution >= 4 is 5.91 Å². The third kappa shape index (κ3) is 3.21. The van der Waals surface area contributed by atoms with E-state index >= 15 is 0 Å². The van der Waals surface area contributed by atoms with Crippen LogP contribution in [0, 0.1) is 5.92 Å². The molecule has 21 heavy (non-hydrogen) atoms. The summed E-state index contributed by atoms with van der Waals surface area (Å²) in [5.74, 6) is 1.98. The molecule has 1 aliphatic carbocycles. The first-order chi connectivity index (χ1) is 10.2. The quantitative estimate of drug-likeness (QED) is 0.875. The van der Waals surface area contributed by atoms with Gasteiger partial charge in [0.1, 0.15) is 11.9 Å². The molecule has 1 aromatic carbocycles. The summed E-state index contributed by atoms with van der Waals surface area (Å²) in [7, 11) is 1.67. The molecule has 3 rings (SSSR count). The summed E-state index contributed by atoms with van der Waals surface area (Å²) in [6.07, 6.45) is 5.12. The summed E-state index contributed by atoms with van der Waals surface area (Å²) in [4.78, 5) is 14.3. The molecule has 2 unspecified atom stereocenters. The average Bonchev–Trinajstić information content (AvgIpc) is 3.29. The predicted octanol–water partition coefficient (Wildman–Crippen LogP) is 2.70. The van der Waals surface area contributed by atoms with Gasteiger partial charge >= 0.3 is 0 Å². The van der Waals surface area contributed by atoms with Gasteiger partial charge in [-0.15, -0.1) is 0 Å². The van der Waals surface area contributed by atoms with Gasteiger partial charge in [0.05, 0.1) is 13.2 Å². The lowest BCUT2D eigenvalue weighted by Crippen LogP contribution is -2.31. The largest absolute Gasteiger partial charge is 0.497 e. The second-order valence-corrected chi connectivity index (χ2v) is 6.18. The molecule has 0 radical (unpaired) electrons. The Bertz CT molecular complexity index is 496. The van der Waals surface area contributed by atoms with Gasteiger partial charge < -0.3 is 9.64 Å². The Morgan fingerprint density at radius 1 is 1.29 bits per heavy atom. The zero-order valence-electron chi connectivity index (χ0n) is 12.8. The van der Waals surface area contributed by atoms with Crippen LogP contribution in [0.1, 0.15) is 44.3 Å². The lowest BCUT2D eigenvalue weighted by atomic mass is 10.1. The molecule has 1 aromatic rings. The molecule has 2 atom stereocenters. The van der Waals surface area contributed by atoms with Crippen molar-refractivity contribution in [1.82, 2.24) is 10.2 Å². The molecule has 1 aliphatic heterocycles. The van der Waals surface area contributed by atoms with Gasteiger partial charge in [0, 0.05) is 6.54 Å². The van der Waals surface area contributed by atoms with Crippen molar-refractivity contribution in [2.24, 2.45) is 5.92 Å². The van der Waals surface area contributed by atoms with Crippen LogP contribution in [0.25, 0.3) is 0 Å². The van der Waals surface area contributed by atoms with Gasteiger partial charge in [-0.2, -0.15) is 0 Å². The molecule has 1 N–H and O–H groups in total. The van der Waals surface area contributed by atoms with E-state index in [4.69, 9.17) is 4.74 Å². The summed E-state index contributed by atoms with van der Waals surface area (Å²) >= 11 is 0. The van der Waals surface area contributed by atoms with Gasteiger partial charge in [-0.25, -0.2) is 0 Å². The number of amides is 1. The Balaban J connectivity index is 1.68. The summed E-state index contributed by atoms with van der Waals surface area (Å²) < 4.78 is 5.20. The van der Waals surface area contributed by atoms with E-state index in [1.807, 2.05) is 36.1 Å². The highest BCUT2D eigenvalue weighted by atomic mass is 16.5. The van der Waals surface area contributed by atoms with Crippen molar-refractivity contribution in [2.45, 2.75) is 44.8 Å².